The van der Waals surface area contributed by atoms with Crippen molar-refractivity contribution in [2.75, 3.05) is 5.75 Å². The molecule has 0 bridgehead atoms. The quantitative estimate of drug-likeness (QED) is 0.581. The number of benzene rings is 1. The van der Waals surface area contributed by atoms with E-state index in [-0.39, 0.29) is 5.75 Å². The Labute approximate surface area is 161 Å². The monoisotopic (exact) mass is 385 g/mol. The molecule has 0 fully saturated rings. The zero-order chi connectivity index (χ0) is 19.4. The van der Waals surface area contributed by atoms with Crippen LogP contribution >= 0.6 is 0 Å². The number of hydrogen-bond donors (Lipinski definition) is 0. The van der Waals surface area contributed by atoms with Crippen molar-refractivity contribution in [3.05, 3.63) is 53.6 Å². The molecule has 0 aliphatic rings. The van der Waals surface area contributed by atoms with Gasteiger partial charge in [0, 0.05) is 18.7 Å². The highest BCUT2D eigenvalue weighted by Gasteiger charge is 2.17. The van der Waals surface area contributed by atoms with Gasteiger partial charge in [-0.25, -0.2) is 13.4 Å². The zero-order valence-electron chi connectivity index (χ0n) is 16.3. The van der Waals surface area contributed by atoms with E-state index in [9.17, 15) is 8.42 Å². The van der Waals surface area contributed by atoms with Crippen LogP contribution in [0.5, 0.6) is 0 Å². The van der Waals surface area contributed by atoms with Crippen LogP contribution in [0.2, 0.25) is 0 Å². The summed E-state index contributed by atoms with van der Waals surface area (Å²) in [6, 6.07) is 8.67. The summed E-state index contributed by atoms with van der Waals surface area (Å²) < 4.78 is 27.3. The Bertz CT molecular complexity index is 1020. The van der Waals surface area contributed by atoms with Gasteiger partial charge in [0.25, 0.3) is 0 Å². The maximum Gasteiger partial charge on any atom is 0.178 e. The summed E-state index contributed by atoms with van der Waals surface area (Å²) in [6.45, 7) is 6.87. The fourth-order valence-corrected chi connectivity index (χ4v) is 4.67. The SMILES string of the molecule is CCCCc1nc2cnc(C)c(C)c2n1CCCS(=O)(=O)c1ccccc1. The highest BCUT2D eigenvalue weighted by molar-refractivity contribution is 7.91. The Balaban J connectivity index is 1.86. The molecule has 0 atom stereocenters. The molecule has 1 aromatic carbocycles. The van der Waals surface area contributed by atoms with Crippen molar-refractivity contribution in [2.45, 2.75) is 57.9 Å². The zero-order valence-corrected chi connectivity index (χ0v) is 17.1. The lowest BCUT2D eigenvalue weighted by molar-refractivity contribution is 0.583. The molecule has 3 aromatic rings. The first-order chi connectivity index (χ1) is 12.9. The number of aryl methyl sites for hydroxylation is 4. The normalized spacial score (nSPS) is 12.0. The number of pyridine rings is 1. The molecule has 144 valence electrons. The fraction of sp³-hybridized carbons (Fsp3) is 0.429. The Morgan fingerprint density at radius 3 is 2.52 bits per heavy atom. The van der Waals surface area contributed by atoms with Gasteiger partial charge in [-0.1, -0.05) is 31.5 Å². The smallest absolute Gasteiger partial charge is 0.178 e. The van der Waals surface area contributed by atoms with Crippen molar-refractivity contribution in [2.24, 2.45) is 0 Å². The van der Waals surface area contributed by atoms with Gasteiger partial charge < -0.3 is 4.57 Å². The largest absolute Gasteiger partial charge is 0.328 e. The Morgan fingerprint density at radius 1 is 1.07 bits per heavy atom. The molecule has 0 aliphatic heterocycles. The Hall–Kier alpha value is -2.21. The van der Waals surface area contributed by atoms with Gasteiger partial charge in [-0.05, 0) is 44.4 Å². The lowest BCUT2D eigenvalue weighted by Crippen LogP contribution is -2.12. The van der Waals surface area contributed by atoms with E-state index in [0.717, 1.165) is 47.4 Å². The molecule has 0 aliphatic carbocycles. The summed E-state index contributed by atoms with van der Waals surface area (Å²) in [5.74, 6) is 1.16. The summed E-state index contributed by atoms with van der Waals surface area (Å²) in [7, 11) is -3.26. The molecule has 2 aromatic heterocycles. The first kappa shape index (κ1) is 19.5. The van der Waals surface area contributed by atoms with Gasteiger partial charge in [0.1, 0.15) is 11.3 Å². The van der Waals surface area contributed by atoms with Crippen LogP contribution in [0.3, 0.4) is 0 Å². The van der Waals surface area contributed by atoms with E-state index < -0.39 is 9.84 Å². The lowest BCUT2D eigenvalue weighted by atomic mass is 10.2. The maximum atomic E-state index is 12.6. The summed E-state index contributed by atoms with van der Waals surface area (Å²) in [6.07, 6.45) is 5.45. The molecule has 0 spiro atoms. The van der Waals surface area contributed by atoms with Crippen molar-refractivity contribution in [1.82, 2.24) is 14.5 Å². The first-order valence-corrected chi connectivity index (χ1v) is 11.2. The average molecular weight is 386 g/mol. The fourth-order valence-electron chi connectivity index (χ4n) is 3.36. The average Bonchev–Trinajstić information content (AvgIpc) is 3.02. The van der Waals surface area contributed by atoms with Crippen LogP contribution in [0.25, 0.3) is 11.0 Å². The molecular weight excluding hydrogens is 358 g/mol. The maximum absolute atomic E-state index is 12.6. The van der Waals surface area contributed by atoms with Crippen molar-refractivity contribution in [3.8, 4) is 0 Å². The second-order valence-electron chi connectivity index (χ2n) is 6.97. The van der Waals surface area contributed by atoms with Crippen LogP contribution in [0.1, 0.15) is 43.3 Å². The molecule has 2 heterocycles. The van der Waals surface area contributed by atoms with E-state index in [2.05, 4.69) is 23.4 Å². The molecule has 0 N–H and O–H groups in total. The predicted molar refractivity (Wildman–Crippen MR) is 109 cm³/mol. The van der Waals surface area contributed by atoms with Crippen LogP contribution in [0, 0.1) is 13.8 Å². The minimum absolute atomic E-state index is 0.132. The third-order valence-electron chi connectivity index (χ3n) is 5.00. The highest BCUT2D eigenvalue weighted by atomic mass is 32.2. The molecule has 27 heavy (non-hydrogen) atoms. The number of fused-ring (bicyclic) bond motifs is 1. The number of aromatic nitrogens is 3. The van der Waals surface area contributed by atoms with E-state index in [4.69, 9.17) is 4.98 Å². The third kappa shape index (κ3) is 4.21. The molecule has 5 nitrogen and oxygen atoms in total. The van der Waals surface area contributed by atoms with Gasteiger partial charge in [-0.2, -0.15) is 0 Å². The molecule has 3 rings (SSSR count). The first-order valence-electron chi connectivity index (χ1n) is 9.53. The lowest BCUT2D eigenvalue weighted by Gasteiger charge is -2.11. The number of unbranched alkanes of at least 4 members (excludes halogenated alkanes) is 1. The second kappa shape index (κ2) is 8.21. The number of rotatable bonds is 8. The van der Waals surface area contributed by atoms with Crippen LogP contribution in [-0.2, 0) is 22.8 Å². The van der Waals surface area contributed by atoms with Crippen LogP contribution < -0.4 is 0 Å². The molecule has 6 heteroatoms. The van der Waals surface area contributed by atoms with E-state index in [0.29, 0.717) is 17.9 Å². The number of imidazole rings is 1. The molecule has 0 amide bonds. The van der Waals surface area contributed by atoms with Gasteiger partial charge >= 0.3 is 0 Å². The minimum Gasteiger partial charge on any atom is -0.328 e. The van der Waals surface area contributed by atoms with Gasteiger partial charge in [-0.3, -0.25) is 4.98 Å². The van der Waals surface area contributed by atoms with Gasteiger partial charge in [-0.15, -0.1) is 0 Å². The Kier molecular flexibility index (Phi) is 5.95. The summed E-state index contributed by atoms with van der Waals surface area (Å²) in [5, 5.41) is 0. The van der Waals surface area contributed by atoms with E-state index in [1.807, 2.05) is 19.2 Å². The van der Waals surface area contributed by atoms with E-state index in [1.165, 1.54) is 0 Å². The Morgan fingerprint density at radius 2 is 1.81 bits per heavy atom. The summed E-state index contributed by atoms with van der Waals surface area (Å²) in [4.78, 5) is 9.60. The second-order valence-corrected chi connectivity index (χ2v) is 9.08. The van der Waals surface area contributed by atoms with Crippen molar-refractivity contribution in [3.63, 3.8) is 0 Å². The van der Waals surface area contributed by atoms with Gasteiger partial charge in [0.15, 0.2) is 9.84 Å². The van der Waals surface area contributed by atoms with Crippen LogP contribution in [0.15, 0.2) is 41.4 Å². The molecule has 0 unspecified atom stereocenters. The van der Waals surface area contributed by atoms with Crippen molar-refractivity contribution in [1.29, 1.82) is 0 Å². The van der Waals surface area contributed by atoms with Crippen LogP contribution in [0.4, 0.5) is 0 Å². The van der Waals surface area contributed by atoms with Crippen molar-refractivity contribution < 1.29 is 8.42 Å². The third-order valence-corrected chi connectivity index (χ3v) is 6.82. The predicted octanol–water partition coefficient (Wildman–Crippen LogP) is 4.25. The highest BCUT2D eigenvalue weighted by Crippen LogP contribution is 2.23. The molecular formula is C21H27N3O2S. The minimum atomic E-state index is -3.26. The molecule has 0 saturated carbocycles. The summed E-state index contributed by atoms with van der Waals surface area (Å²) >= 11 is 0. The standard InChI is InChI=1S/C21H27N3O2S/c1-4-5-12-20-23-19-15-22-17(3)16(2)21(19)24(20)13-9-14-27(25,26)18-10-7-6-8-11-18/h6-8,10-11,15H,4-5,9,12-14H2,1-3H3. The molecule has 0 saturated heterocycles. The summed E-state index contributed by atoms with van der Waals surface area (Å²) in [5.41, 5.74) is 4.09. The number of sulfone groups is 1. The topological polar surface area (TPSA) is 64.8 Å². The number of hydrogen-bond acceptors (Lipinski definition) is 4. The van der Waals surface area contributed by atoms with E-state index >= 15 is 0 Å². The van der Waals surface area contributed by atoms with Gasteiger partial charge in [0.2, 0.25) is 0 Å². The van der Waals surface area contributed by atoms with E-state index in [1.54, 1.807) is 24.3 Å². The molecule has 0 radical (unpaired) electrons. The van der Waals surface area contributed by atoms with Crippen LogP contribution in [-0.4, -0.2) is 28.7 Å². The van der Waals surface area contributed by atoms with Gasteiger partial charge in [0.05, 0.1) is 22.4 Å². The number of nitrogens with zero attached hydrogens (tertiary/aromatic N) is 3. The van der Waals surface area contributed by atoms with Crippen molar-refractivity contribution >= 4 is 20.9 Å².